The van der Waals surface area contributed by atoms with Gasteiger partial charge in [0.05, 0.1) is 11.3 Å². The van der Waals surface area contributed by atoms with Gasteiger partial charge in [-0.05, 0) is 54.1 Å². The minimum Gasteiger partial charge on any atom is -0.298 e. The lowest BCUT2D eigenvalue weighted by atomic mass is 10.2. The van der Waals surface area contributed by atoms with E-state index in [0.29, 0.717) is 14.3 Å². The van der Waals surface area contributed by atoms with Crippen LogP contribution in [0.1, 0.15) is 27.9 Å². The number of halogens is 2. The number of aromatic nitrogens is 1. The van der Waals surface area contributed by atoms with Crippen LogP contribution in [0.3, 0.4) is 0 Å². The normalized spacial score (nSPS) is 10.5. The van der Waals surface area contributed by atoms with Gasteiger partial charge in [-0.1, -0.05) is 6.92 Å². The van der Waals surface area contributed by atoms with Gasteiger partial charge in [-0.15, -0.1) is 11.3 Å². The quantitative estimate of drug-likeness (QED) is 0.805. The van der Waals surface area contributed by atoms with E-state index in [1.54, 1.807) is 0 Å². The summed E-state index contributed by atoms with van der Waals surface area (Å²) in [5.41, 5.74) is 1.45. The van der Waals surface area contributed by atoms with E-state index in [4.69, 9.17) is 0 Å². The van der Waals surface area contributed by atoms with Crippen LogP contribution < -0.4 is 5.32 Å². The highest BCUT2D eigenvalue weighted by molar-refractivity contribution is 14.1. The number of nitrogens with zero attached hydrogens (tertiary/aromatic N) is 1. The summed E-state index contributed by atoms with van der Waals surface area (Å²) in [6.45, 7) is 4.00. The number of nitrogens with one attached hydrogen (secondary N) is 1. The Morgan fingerprint density at radius 2 is 2.26 bits per heavy atom. The minimum atomic E-state index is -0.348. The largest absolute Gasteiger partial charge is 0.298 e. The lowest BCUT2D eigenvalue weighted by molar-refractivity contribution is 0.102. The molecule has 19 heavy (non-hydrogen) atoms. The molecule has 1 aromatic heterocycles. The number of aryl methyl sites for hydroxylation is 2. The van der Waals surface area contributed by atoms with E-state index in [1.165, 1.54) is 29.5 Å². The first kappa shape index (κ1) is 14.4. The van der Waals surface area contributed by atoms with E-state index < -0.39 is 0 Å². The molecule has 0 fully saturated rings. The number of benzene rings is 1. The highest BCUT2D eigenvalue weighted by Crippen LogP contribution is 2.23. The van der Waals surface area contributed by atoms with Crippen LogP contribution in [0.5, 0.6) is 0 Å². The second-order valence-electron chi connectivity index (χ2n) is 3.95. The lowest BCUT2D eigenvalue weighted by Gasteiger charge is -2.04. The monoisotopic (exact) mass is 390 g/mol. The smallest absolute Gasteiger partial charge is 0.258 e. The minimum absolute atomic E-state index is 0.263. The zero-order chi connectivity index (χ0) is 14.0. The van der Waals surface area contributed by atoms with Crippen molar-refractivity contribution in [3.63, 3.8) is 0 Å². The summed E-state index contributed by atoms with van der Waals surface area (Å²) in [4.78, 5) is 17.5. The second-order valence-corrected chi connectivity index (χ2v) is 6.32. The molecule has 0 saturated carbocycles. The van der Waals surface area contributed by atoms with Crippen molar-refractivity contribution in [1.82, 2.24) is 4.98 Å². The van der Waals surface area contributed by atoms with E-state index in [0.717, 1.165) is 17.0 Å². The molecule has 0 radical (unpaired) electrons. The van der Waals surface area contributed by atoms with Crippen molar-refractivity contribution < 1.29 is 9.18 Å². The molecule has 6 heteroatoms. The molecule has 2 rings (SSSR count). The molecule has 2 aromatic rings. The third-order valence-corrected chi connectivity index (χ3v) is 4.44. The lowest BCUT2D eigenvalue weighted by Crippen LogP contribution is -2.13. The summed E-state index contributed by atoms with van der Waals surface area (Å²) in [6, 6.07) is 4.09. The van der Waals surface area contributed by atoms with Gasteiger partial charge in [-0.2, -0.15) is 0 Å². The van der Waals surface area contributed by atoms with Crippen LogP contribution in [0.25, 0.3) is 0 Å². The average molecular weight is 390 g/mol. The first-order valence-electron chi connectivity index (χ1n) is 5.74. The van der Waals surface area contributed by atoms with Gasteiger partial charge in [-0.3, -0.25) is 10.1 Å². The van der Waals surface area contributed by atoms with Crippen LogP contribution in [0.4, 0.5) is 9.52 Å². The van der Waals surface area contributed by atoms with E-state index in [9.17, 15) is 9.18 Å². The number of rotatable bonds is 3. The Morgan fingerprint density at radius 3 is 2.84 bits per heavy atom. The highest BCUT2D eigenvalue weighted by Gasteiger charge is 2.13. The summed E-state index contributed by atoms with van der Waals surface area (Å²) < 4.78 is 13.6. The third kappa shape index (κ3) is 3.30. The van der Waals surface area contributed by atoms with Crippen LogP contribution in [0.2, 0.25) is 0 Å². The molecule has 1 N–H and O–H groups in total. The van der Waals surface area contributed by atoms with Crippen molar-refractivity contribution in [1.29, 1.82) is 0 Å². The fourth-order valence-electron chi connectivity index (χ4n) is 1.65. The molecule has 100 valence electrons. The molecule has 0 saturated heterocycles. The van der Waals surface area contributed by atoms with Gasteiger partial charge in [0, 0.05) is 8.45 Å². The topological polar surface area (TPSA) is 42.0 Å². The van der Waals surface area contributed by atoms with Crippen LogP contribution in [-0.4, -0.2) is 10.9 Å². The van der Waals surface area contributed by atoms with Gasteiger partial charge >= 0.3 is 0 Å². The molecule has 0 aliphatic carbocycles. The Hall–Kier alpha value is -1.02. The van der Waals surface area contributed by atoms with Gasteiger partial charge in [0.2, 0.25) is 0 Å². The van der Waals surface area contributed by atoms with Crippen molar-refractivity contribution in [2.24, 2.45) is 0 Å². The molecule has 1 aromatic carbocycles. The molecule has 0 unspecified atom stereocenters. The number of hydrogen-bond acceptors (Lipinski definition) is 3. The molecule has 1 amide bonds. The second kappa shape index (κ2) is 5.96. The van der Waals surface area contributed by atoms with Crippen molar-refractivity contribution in [2.75, 3.05) is 5.32 Å². The van der Waals surface area contributed by atoms with E-state index >= 15 is 0 Å². The summed E-state index contributed by atoms with van der Waals surface area (Å²) >= 11 is 3.40. The van der Waals surface area contributed by atoms with Gasteiger partial charge in [-0.25, -0.2) is 9.37 Å². The number of amides is 1. The Bertz CT molecular complexity index is 627. The van der Waals surface area contributed by atoms with Crippen molar-refractivity contribution in [2.45, 2.75) is 20.3 Å². The molecule has 0 aliphatic heterocycles. The summed E-state index contributed by atoms with van der Waals surface area (Å²) in [7, 11) is 0. The first-order chi connectivity index (χ1) is 9.01. The third-order valence-electron chi connectivity index (χ3n) is 2.62. The molecular weight excluding hydrogens is 378 g/mol. The molecular formula is C13H12FIN2OS. The molecule has 0 atom stereocenters. The SMILES string of the molecule is CCc1nc(NC(=O)c2ccc(F)cc2I)sc1C. The molecule has 0 spiro atoms. The van der Waals surface area contributed by atoms with Crippen molar-refractivity contribution in [3.05, 3.63) is 43.7 Å². The maximum absolute atomic E-state index is 13.0. The zero-order valence-electron chi connectivity index (χ0n) is 10.5. The van der Waals surface area contributed by atoms with Crippen molar-refractivity contribution in [3.8, 4) is 0 Å². The average Bonchev–Trinajstić information content (AvgIpc) is 2.69. The van der Waals surface area contributed by atoms with E-state index in [2.05, 4.69) is 10.3 Å². The molecule has 1 heterocycles. The van der Waals surface area contributed by atoms with Crippen LogP contribution in [0.15, 0.2) is 18.2 Å². The Labute approximate surface area is 128 Å². The van der Waals surface area contributed by atoms with Gasteiger partial charge < -0.3 is 0 Å². The molecule has 3 nitrogen and oxygen atoms in total. The molecule has 0 aliphatic rings. The Balaban J connectivity index is 2.20. The van der Waals surface area contributed by atoms with Crippen LogP contribution in [-0.2, 0) is 6.42 Å². The number of carbonyl (C=O) groups is 1. The van der Waals surface area contributed by atoms with Crippen molar-refractivity contribution >= 4 is 45.0 Å². The molecule has 0 bridgehead atoms. The van der Waals surface area contributed by atoms with E-state index in [1.807, 2.05) is 36.4 Å². The number of anilines is 1. The number of hydrogen-bond donors (Lipinski definition) is 1. The standard InChI is InChI=1S/C13H12FIN2OS/c1-3-11-7(2)19-13(16-11)17-12(18)9-5-4-8(14)6-10(9)15/h4-6H,3H2,1-2H3,(H,16,17,18). The summed E-state index contributed by atoms with van der Waals surface area (Å²) in [5.74, 6) is -0.611. The maximum atomic E-state index is 13.0. The Morgan fingerprint density at radius 1 is 1.53 bits per heavy atom. The maximum Gasteiger partial charge on any atom is 0.258 e. The van der Waals surface area contributed by atoms with Crippen LogP contribution in [0, 0.1) is 16.3 Å². The zero-order valence-corrected chi connectivity index (χ0v) is 13.4. The first-order valence-corrected chi connectivity index (χ1v) is 7.63. The number of carbonyl (C=O) groups excluding carboxylic acids is 1. The van der Waals surface area contributed by atoms with Gasteiger partial charge in [0.15, 0.2) is 5.13 Å². The fourth-order valence-corrected chi connectivity index (χ4v) is 3.27. The predicted octanol–water partition coefficient (Wildman–Crippen LogP) is 4.01. The van der Waals surface area contributed by atoms with Gasteiger partial charge in [0.1, 0.15) is 5.82 Å². The highest BCUT2D eigenvalue weighted by atomic mass is 127. The van der Waals surface area contributed by atoms with Crippen LogP contribution >= 0.6 is 33.9 Å². The fraction of sp³-hybridized carbons (Fsp3) is 0.231. The Kier molecular flexibility index (Phi) is 4.51. The summed E-state index contributed by atoms with van der Waals surface area (Å²) in [6.07, 6.45) is 0.840. The van der Waals surface area contributed by atoms with E-state index in [-0.39, 0.29) is 11.7 Å². The predicted molar refractivity (Wildman–Crippen MR) is 83.3 cm³/mol. The number of thiazole rings is 1. The van der Waals surface area contributed by atoms with Gasteiger partial charge in [0.25, 0.3) is 5.91 Å². The summed E-state index contributed by atoms with van der Waals surface area (Å²) in [5, 5.41) is 3.34.